The molecule has 0 fully saturated rings. The second kappa shape index (κ2) is 4.62. The van der Waals surface area contributed by atoms with E-state index in [9.17, 15) is 4.79 Å². The molecule has 1 aromatic carbocycles. The van der Waals surface area contributed by atoms with Crippen LogP contribution >= 0.6 is 0 Å². The quantitative estimate of drug-likeness (QED) is 0.606. The van der Waals surface area contributed by atoms with Gasteiger partial charge in [0.25, 0.3) is 5.91 Å². The predicted octanol–water partition coefficient (Wildman–Crippen LogP) is 0.346. The smallest absolute Gasteiger partial charge is 0.251 e. The molecule has 1 atom stereocenters. The Kier molecular flexibility index (Phi) is 3.48. The lowest BCUT2D eigenvalue weighted by Gasteiger charge is -2.10. The Morgan fingerprint density at radius 3 is 2.50 bits per heavy atom. The van der Waals surface area contributed by atoms with Gasteiger partial charge in [0.15, 0.2) is 0 Å². The monoisotopic (exact) mass is 193 g/mol. The summed E-state index contributed by atoms with van der Waals surface area (Å²) in [5.41, 5.74) is 12.1. The number of hydrogen-bond donors (Lipinski definition) is 3. The van der Waals surface area contributed by atoms with E-state index in [0.29, 0.717) is 17.8 Å². The van der Waals surface area contributed by atoms with E-state index in [0.717, 1.165) is 0 Å². The number of nitrogens with two attached hydrogens (primary N) is 2. The summed E-state index contributed by atoms with van der Waals surface area (Å²) in [5.74, 6) is -0.122. The molecule has 0 bridgehead atoms. The van der Waals surface area contributed by atoms with Crippen molar-refractivity contribution >= 4 is 11.6 Å². The minimum atomic E-state index is -0.122. The van der Waals surface area contributed by atoms with Crippen LogP contribution in [-0.2, 0) is 0 Å². The van der Waals surface area contributed by atoms with E-state index in [1.54, 1.807) is 24.3 Å². The number of amides is 1. The number of carbonyl (C=O) groups excluding carboxylic acids is 1. The fourth-order valence-electron chi connectivity index (χ4n) is 1.00. The molecule has 0 aliphatic rings. The molecule has 0 aliphatic carbocycles. The van der Waals surface area contributed by atoms with Gasteiger partial charge in [0.05, 0.1) is 0 Å². The minimum Gasteiger partial charge on any atom is -0.399 e. The van der Waals surface area contributed by atoms with Crippen molar-refractivity contribution in [1.29, 1.82) is 0 Å². The van der Waals surface area contributed by atoms with Crippen LogP contribution in [0, 0.1) is 0 Å². The lowest BCUT2D eigenvalue weighted by atomic mass is 10.2. The lowest BCUT2D eigenvalue weighted by Crippen LogP contribution is -2.37. The topological polar surface area (TPSA) is 81.1 Å². The number of nitrogen functional groups attached to an aromatic ring is 1. The molecule has 4 heteroatoms. The number of anilines is 1. The third-order valence-corrected chi connectivity index (χ3v) is 1.90. The van der Waals surface area contributed by atoms with E-state index in [4.69, 9.17) is 11.5 Å². The molecule has 0 heterocycles. The van der Waals surface area contributed by atoms with E-state index < -0.39 is 0 Å². The Morgan fingerprint density at radius 1 is 1.43 bits per heavy atom. The second-order valence-corrected chi connectivity index (χ2v) is 3.23. The SMILES string of the molecule is CC(CN)NC(=O)c1ccc(N)cc1. The fraction of sp³-hybridized carbons (Fsp3) is 0.300. The number of benzene rings is 1. The van der Waals surface area contributed by atoms with Crippen molar-refractivity contribution < 1.29 is 4.79 Å². The molecule has 4 nitrogen and oxygen atoms in total. The molecule has 0 radical (unpaired) electrons. The van der Waals surface area contributed by atoms with Crippen molar-refractivity contribution in [2.45, 2.75) is 13.0 Å². The third-order valence-electron chi connectivity index (χ3n) is 1.90. The van der Waals surface area contributed by atoms with Crippen LogP contribution in [0.1, 0.15) is 17.3 Å². The summed E-state index contributed by atoms with van der Waals surface area (Å²) in [7, 11) is 0. The van der Waals surface area contributed by atoms with Gasteiger partial charge in [0.2, 0.25) is 0 Å². The standard InChI is InChI=1S/C10H15N3O/c1-7(6-11)13-10(14)8-2-4-9(12)5-3-8/h2-5,7H,6,11-12H2,1H3,(H,13,14). The number of nitrogens with one attached hydrogen (secondary N) is 1. The van der Waals surface area contributed by atoms with Crippen LogP contribution in [-0.4, -0.2) is 18.5 Å². The first-order valence-corrected chi connectivity index (χ1v) is 4.50. The summed E-state index contributed by atoms with van der Waals surface area (Å²) >= 11 is 0. The Labute approximate surface area is 83.3 Å². The van der Waals surface area contributed by atoms with Gasteiger partial charge in [0, 0.05) is 23.8 Å². The molecule has 14 heavy (non-hydrogen) atoms. The summed E-state index contributed by atoms with van der Waals surface area (Å²) < 4.78 is 0. The number of carbonyl (C=O) groups is 1. The highest BCUT2D eigenvalue weighted by molar-refractivity contribution is 5.94. The van der Waals surface area contributed by atoms with Gasteiger partial charge in [-0.2, -0.15) is 0 Å². The van der Waals surface area contributed by atoms with Gasteiger partial charge in [-0.25, -0.2) is 0 Å². The minimum absolute atomic E-state index is 0.0138. The van der Waals surface area contributed by atoms with Gasteiger partial charge >= 0.3 is 0 Å². The van der Waals surface area contributed by atoms with Crippen LogP contribution in [0.15, 0.2) is 24.3 Å². The average molecular weight is 193 g/mol. The first-order valence-electron chi connectivity index (χ1n) is 4.50. The van der Waals surface area contributed by atoms with Crippen molar-refractivity contribution in [2.24, 2.45) is 5.73 Å². The van der Waals surface area contributed by atoms with E-state index in [-0.39, 0.29) is 11.9 Å². The summed E-state index contributed by atoms with van der Waals surface area (Å²) in [5, 5.41) is 2.76. The highest BCUT2D eigenvalue weighted by Crippen LogP contribution is 2.05. The summed E-state index contributed by atoms with van der Waals surface area (Å²) in [6, 6.07) is 6.76. The lowest BCUT2D eigenvalue weighted by molar-refractivity contribution is 0.0941. The van der Waals surface area contributed by atoms with Crippen LogP contribution in [0.3, 0.4) is 0 Å². The van der Waals surface area contributed by atoms with Crippen molar-refractivity contribution in [3.8, 4) is 0 Å². The maximum absolute atomic E-state index is 11.5. The normalized spacial score (nSPS) is 12.1. The summed E-state index contributed by atoms with van der Waals surface area (Å²) in [4.78, 5) is 11.5. The Bertz CT molecular complexity index is 308. The average Bonchev–Trinajstić information content (AvgIpc) is 2.18. The predicted molar refractivity (Wildman–Crippen MR) is 56.8 cm³/mol. The first kappa shape index (κ1) is 10.5. The van der Waals surface area contributed by atoms with E-state index in [2.05, 4.69) is 5.32 Å². The summed E-state index contributed by atoms with van der Waals surface area (Å²) in [6.45, 7) is 2.29. The molecule has 0 aromatic heterocycles. The zero-order valence-corrected chi connectivity index (χ0v) is 8.16. The maximum atomic E-state index is 11.5. The van der Waals surface area contributed by atoms with E-state index >= 15 is 0 Å². The Hall–Kier alpha value is -1.55. The van der Waals surface area contributed by atoms with Gasteiger partial charge < -0.3 is 16.8 Å². The van der Waals surface area contributed by atoms with Crippen LogP contribution in [0.5, 0.6) is 0 Å². The van der Waals surface area contributed by atoms with Crippen molar-refractivity contribution in [2.75, 3.05) is 12.3 Å². The van der Waals surface area contributed by atoms with Crippen LogP contribution in [0.25, 0.3) is 0 Å². The Balaban J connectivity index is 2.65. The van der Waals surface area contributed by atoms with Crippen LogP contribution < -0.4 is 16.8 Å². The highest BCUT2D eigenvalue weighted by atomic mass is 16.1. The van der Waals surface area contributed by atoms with E-state index in [1.807, 2.05) is 6.92 Å². The largest absolute Gasteiger partial charge is 0.399 e. The molecule has 1 aromatic rings. The zero-order chi connectivity index (χ0) is 10.6. The van der Waals surface area contributed by atoms with E-state index in [1.165, 1.54) is 0 Å². The molecular formula is C10H15N3O. The molecule has 76 valence electrons. The number of hydrogen-bond acceptors (Lipinski definition) is 3. The maximum Gasteiger partial charge on any atom is 0.251 e. The first-order chi connectivity index (χ1) is 6.63. The van der Waals surface area contributed by atoms with Gasteiger partial charge in [-0.1, -0.05) is 0 Å². The number of rotatable bonds is 3. The summed E-state index contributed by atoms with van der Waals surface area (Å²) in [6.07, 6.45) is 0. The molecule has 1 rings (SSSR count). The molecule has 0 aliphatic heterocycles. The third kappa shape index (κ3) is 2.74. The molecule has 1 unspecified atom stereocenters. The molecule has 0 spiro atoms. The molecule has 0 saturated heterocycles. The highest BCUT2D eigenvalue weighted by Gasteiger charge is 2.07. The van der Waals surface area contributed by atoms with Crippen molar-refractivity contribution in [3.05, 3.63) is 29.8 Å². The fourth-order valence-corrected chi connectivity index (χ4v) is 1.00. The van der Waals surface area contributed by atoms with Gasteiger partial charge in [-0.05, 0) is 31.2 Å². The van der Waals surface area contributed by atoms with Crippen LogP contribution in [0.4, 0.5) is 5.69 Å². The van der Waals surface area contributed by atoms with Crippen molar-refractivity contribution in [3.63, 3.8) is 0 Å². The van der Waals surface area contributed by atoms with Gasteiger partial charge in [-0.3, -0.25) is 4.79 Å². The van der Waals surface area contributed by atoms with Crippen molar-refractivity contribution in [1.82, 2.24) is 5.32 Å². The second-order valence-electron chi connectivity index (χ2n) is 3.23. The molecular weight excluding hydrogens is 178 g/mol. The Morgan fingerprint density at radius 2 is 2.00 bits per heavy atom. The zero-order valence-electron chi connectivity index (χ0n) is 8.16. The molecule has 0 saturated carbocycles. The molecule has 1 amide bonds. The molecule has 5 N–H and O–H groups in total. The van der Waals surface area contributed by atoms with Gasteiger partial charge in [-0.15, -0.1) is 0 Å². The van der Waals surface area contributed by atoms with Crippen LogP contribution in [0.2, 0.25) is 0 Å². The van der Waals surface area contributed by atoms with Gasteiger partial charge in [0.1, 0.15) is 0 Å².